The van der Waals surface area contributed by atoms with Crippen molar-refractivity contribution < 1.29 is 19.1 Å². The van der Waals surface area contributed by atoms with E-state index in [1.165, 1.54) is 35.1 Å². The van der Waals surface area contributed by atoms with E-state index in [0.717, 1.165) is 168 Å². The first-order valence-electron chi connectivity index (χ1n) is 28.2. The summed E-state index contributed by atoms with van der Waals surface area (Å²) in [7, 11) is 0. The summed E-state index contributed by atoms with van der Waals surface area (Å²) in [6.45, 7) is 14.9. The maximum absolute atomic E-state index is 13.7. The summed E-state index contributed by atoms with van der Waals surface area (Å²) in [6.07, 6.45) is 16.5. The van der Waals surface area contributed by atoms with Gasteiger partial charge in [-0.25, -0.2) is 4.79 Å². The van der Waals surface area contributed by atoms with Gasteiger partial charge in [0.05, 0.1) is 6.10 Å². The number of hydrogen-bond donors (Lipinski definition) is 1. The van der Waals surface area contributed by atoms with Crippen LogP contribution in [0.1, 0.15) is 113 Å². The number of nitrogens with one attached hydrogen (secondary N) is 1. The molecule has 10 heteroatoms. The fourth-order valence-corrected chi connectivity index (χ4v) is 11.6. The van der Waals surface area contributed by atoms with Crippen LogP contribution in [0.2, 0.25) is 0 Å². The van der Waals surface area contributed by atoms with Crippen LogP contribution in [0.3, 0.4) is 0 Å². The molecule has 0 saturated carbocycles. The van der Waals surface area contributed by atoms with Gasteiger partial charge in [-0.15, -0.1) is 0 Å². The van der Waals surface area contributed by atoms with Crippen LogP contribution >= 0.6 is 0 Å². The van der Waals surface area contributed by atoms with Gasteiger partial charge in [-0.05, 0) is 152 Å². The molecule has 0 aromatic heterocycles. The highest BCUT2D eigenvalue weighted by molar-refractivity contribution is 5.79. The Hall–Kier alpha value is -5.03. The Balaban J connectivity index is 0.000000214. The Labute approximate surface area is 433 Å². The molecule has 3 amide bonds. The van der Waals surface area contributed by atoms with Crippen molar-refractivity contribution in [3.63, 3.8) is 0 Å². The highest BCUT2D eigenvalue weighted by Gasteiger charge is 2.33. The topological polar surface area (TPSA) is 88.7 Å². The molecule has 0 bridgehead atoms. The summed E-state index contributed by atoms with van der Waals surface area (Å²) in [5.41, 5.74) is 5.46. The van der Waals surface area contributed by atoms with Gasteiger partial charge in [0.25, 0.3) is 0 Å². The van der Waals surface area contributed by atoms with Crippen molar-refractivity contribution >= 4 is 17.9 Å². The highest BCUT2D eigenvalue weighted by atomic mass is 16.6. The monoisotopic (exact) mass is 981 g/mol. The maximum Gasteiger partial charge on any atom is 0.410 e. The third-order valence-corrected chi connectivity index (χ3v) is 15.8. The van der Waals surface area contributed by atoms with Gasteiger partial charge in [0.15, 0.2) is 0 Å². The fraction of sp³-hybridized carbons (Fsp3) is 0.565. The van der Waals surface area contributed by atoms with Gasteiger partial charge in [-0.2, -0.15) is 0 Å². The molecule has 0 atom stereocenters. The van der Waals surface area contributed by atoms with E-state index in [4.69, 9.17) is 4.74 Å². The normalized spacial score (nSPS) is 17.5. The molecule has 4 aliphatic rings. The fourth-order valence-electron chi connectivity index (χ4n) is 11.6. The zero-order valence-electron chi connectivity index (χ0n) is 44.1. The van der Waals surface area contributed by atoms with Crippen molar-refractivity contribution in [3.8, 4) is 0 Å². The molecular weight excluding hydrogens is 893 g/mol. The number of amides is 3. The molecule has 72 heavy (non-hydrogen) atoms. The van der Waals surface area contributed by atoms with Gasteiger partial charge in [-0.1, -0.05) is 121 Å². The van der Waals surface area contributed by atoms with Crippen molar-refractivity contribution in [3.05, 3.63) is 144 Å². The number of nitrogens with zero attached hydrogens (tertiary/aromatic N) is 5. The summed E-state index contributed by atoms with van der Waals surface area (Å²) >= 11 is 0. The summed E-state index contributed by atoms with van der Waals surface area (Å²) in [6, 6.07) is 43.8. The molecule has 1 N–H and O–H groups in total. The van der Waals surface area contributed by atoms with Crippen molar-refractivity contribution in [2.45, 2.75) is 135 Å². The van der Waals surface area contributed by atoms with E-state index in [1.54, 1.807) is 0 Å². The molecule has 0 aliphatic carbocycles. The Morgan fingerprint density at radius 2 is 0.764 bits per heavy atom. The van der Waals surface area contributed by atoms with Gasteiger partial charge >= 0.3 is 6.09 Å². The highest BCUT2D eigenvalue weighted by Crippen LogP contribution is 2.26. The van der Waals surface area contributed by atoms with Gasteiger partial charge in [0.1, 0.15) is 0 Å². The predicted octanol–water partition coefficient (Wildman–Crippen LogP) is 10.3. The average molecular weight is 981 g/mol. The van der Waals surface area contributed by atoms with Gasteiger partial charge in [0.2, 0.25) is 11.8 Å². The van der Waals surface area contributed by atoms with Crippen molar-refractivity contribution in [1.82, 2.24) is 29.8 Å². The lowest BCUT2D eigenvalue weighted by Gasteiger charge is -2.43. The summed E-state index contributed by atoms with van der Waals surface area (Å²) in [4.78, 5) is 50.8. The van der Waals surface area contributed by atoms with Gasteiger partial charge in [0, 0.05) is 89.4 Å². The minimum atomic E-state index is -0.190. The molecule has 4 heterocycles. The number of likely N-dealkylation sites (tertiary alicyclic amines) is 1. The Morgan fingerprint density at radius 3 is 1.08 bits per heavy atom. The van der Waals surface area contributed by atoms with E-state index < -0.39 is 0 Å². The van der Waals surface area contributed by atoms with Crippen LogP contribution in [0.4, 0.5) is 4.79 Å². The largest absolute Gasteiger partial charge is 0.447 e. The molecular formula is C62H88N6O4. The molecule has 0 spiro atoms. The first-order chi connectivity index (χ1) is 35.3. The summed E-state index contributed by atoms with van der Waals surface area (Å²) in [5.74, 6) is 1.00. The van der Waals surface area contributed by atoms with Gasteiger partial charge < -0.3 is 24.8 Å². The average Bonchev–Trinajstić information content (AvgIpc) is 3.43. The minimum absolute atomic E-state index is 0.0821. The van der Waals surface area contributed by atoms with Gasteiger partial charge in [-0.3, -0.25) is 19.4 Å². The van der Waals surface area contributed by atoms with Crippen LogP contribution in [0, 0.1) is 11.8 Å². The number of carbonyl (C=O) groups excluding carboxylic acids is 3. The molecule has 4 saturated heterocycles. The number of ether oxygens (including phenoxy) is 1. The van der Waals surface area contributed by atoms with E-state index in [-0.39, 0.29) is 24.0 Å². The first kappa shape index (κ1) is 54.7. The van der Waals surface area contributed by atoms with Crippen LogP contribution in [0.25, 0.3) is 0 Å². The third kappa shape index (κ3) is 18.2. The molecule has 390 valence electrons. The van der Waals surface area contributed by atoms with Crippen LogP contribution < -0.4 is 5.32 Å². The minimum Gasteiger partial charge on any atom is -0.447 e. The number of piperazine rings is 2. The molecule has 4 aromatic carbocycles. The van der Waals surface area contributed by atoms with E-state index in [9.17, 15) is 14.4 Å². The smallest absolute Gasteiger partial charge is 0.410 e. The molecule has 4 fully saturated rings. The van der Waals surface area contributed by atoms with Crippen molar-refractivity contribution in [2.24, 2.45) is 11.8 Å². The van der Waals surface area contributed by atoms with Crippen LogP contribution in [-0.2, 0) is 40.0 Å². The van der Waals surface area contributed by atoms with Crippen LogP contribution in [-0.4, -0.2) is 139 Å². The predicted molar refractivity (Wildman–Crippen MR) is 293 cm³/mol. The Bertz CT molecular complexity index is 2020. The van der Waals surface area contributed by atoms with Crippen LogP contribution in [0.15, 0.2) is 121 Å². The number of benzene rings is 4. The number of piperidine rings is 2. The molecule has 4 aliphatic heterocycles. The zero-order valence-corrected chi connectivity index (χ0v) is 44.1. The van der Waals surface area contributed by atoms with E-state index in [0.29, 0.717) is 23.9 Å². The number of rotatable bonds is 21. The number of hydrogen-bond acceptors (Lipinski definition) is 7. The van der Waals surface area contributed by atoms with E-state index in [1.807, 2.05) is 18.7 Å². The lowest BCUT2D eigenvalue weighted by atomic mass is 9.92. The second kappa shape index (κ2) is 30.2. The molecule has 4 aromatic rings. The first-order valence-corrected chi connectivity index (χ1v) is 28.2. The second-order valence-electron chi connectivity index (χ2n) is 21.3. The number of carbonyl (C=O) groups is 3. The Kier molecular flexibility index (Phi) is 23.0. The lowest BCUT2D eigenvalue weighted by molar-refractivity contribution is -0.139. The third-order valence-electron chi connectivity index (χ3n) is 15.8. The zero-order chi connectivity index (χ0) is 50.2. The lowest BCUT2D eigenvalue weighted by Crippen LogP contribution is -2.55. The van der Waals surface area contributed by atoms with Crippen LogP contribution in [0.5, 0.6) is 0 Å². The molecule has 8 rings (SSSR count). The maximum atomic E-state index is 13.7. The summed E-state index contributed by atoms with van der Waals surface area (Å²) in [5, 5.41) is 3.47. The van der Waals surface area contributed by atoms with E-state index >= 15 is 0 Å². The quantitative estimate of drug-likeness (QED) is 0.0890. The molecule has 10 nitrogen and oxygen atoms in total. The standard InChI is InChI=1S/C33H47N3O3.C29H41N3O/c1-27(2)39-33(38)36-21-19-31(20-22-36)34-23-25-35(26-24-34)32(37)30(17-9-15-28-11-5-3-6-12-28)18-10-16-29-13-7-4-8-14-29;33-29(32-23-21-31(22-24-32)28-17-19-30-20-18-28)27(15-7-13-25-9-3-1-4-10-25)16-8-14-26-11-5-2-6-12-26/h3-8,11-14,27,30-31H,9-10,15-26H2,1-2H3;1-6,9-12,27-28,30H,7-8,13-24H2. The second-order valence-corrected chi connectivity index (χ2v) is 21.3. The number of aryl methyl sites for hydroxylation is 4. The van der Waals surface area contributed by atoms with Crippen molar-refractivity contribution in [2.75, 3.05) is 78.5 Å². The summed E-state index contributed by atoms with van der Waals surface area (Å²) < 4.78 is 5.37. The van der Waals surface area contributed by atoms with Crippen molar-refractivity contribution in [1.29, 1.82) is 0 Å². The van der Waals surface area contributed by atoms with E-state index in [2.05, 4.69) is 146 Å². The molecule has 0 unspecified atom stereocenters. The molecule has 0 radical (unpaired) electrons. The SMILES string of the molecule is CC(C)OC(=O)N1CCC(N2CCN(C(=O)C(CCCc3ccccc3)CCCc3ccccc3)CC2)CC1.O=C(C(CCCc1ccccc1)CCCc1ccccc1)N1CCN(C2CCNCC2)CC1. The Morgan fingerprint density at radius 1 is 0.444 bits per heavy atom.